The molecule has 1 aliphatic heterocycles. The summed E-state index contributed by atoms with van der Waals surface area (Å²) in [5.74, 6) is 1.55. The molecule has 1 saturated heterocycles. The van der Waals surface area contributed by atoms with Crippen LogP contribution in [0.5, 0.6) is 5.75 Å². The second-order valence-corrected chi connectivity index (χ2v) is 5.34. The summed E-state index contributed by atoms with van der Waals surface area (Å²) < 4.78 is 11.3. The minimum atomic E-state index is 0.390. The number of hydrogen-bond donors (Lipinski definition) is 1. The molecule has 2 unspecified atom stereocenters. The zero-order valence-electron chi connectivity index (χ0n) is 12.2. The summed E-state index contributed by atoms with van der Waals surface area (Å²) in [7, 11) is 0. The molecule has 0 saturated carbocycles. The van der Waals surface area contributed by atoms with Crippen molar-refractivity contribution in [3.8, 4) is 5.75 Å². The second-order valence-electron chi connectivity index (χ2n) is 5.34. The number of rotatable bonds is 6. The standard InChI is InChI=1S/C16H25NO2/c1-4-17-13(3)15-5-6-16(12(2)9-15)19-11-14-7-8-18-10-14/h5-6,9,13-14,17H,4,7-8,10-11H2,1-3H3. The molecule has 0 spiro atoms. The third kappa shape index (κ3) is 3.95. The van der Waals surface area contributed by atoms with Crippen LogP contribution in [0.4, 0.5) is 0 Å². The zero-order valence-corrected chi connectivity index (χ0v) is 12.2. The number of ether oxygens (including phenoxy) is 2. The van der Waals surface area contributed by atoms with Crippen molar-refractivity contribution in [3.05, 3.63) is 29.3 Å². The van der Waals surface area contributed by atoms with E-state index in [1.807, 2.05) is 0 Å². The molecule has 19 heavy (non-hydrogen) atoms. The van der Waals surface area contributed by atoms with Gasteiger partial charge in [0.25, 0.3) is 0 Å². The molecular formula is C16H25NO2. The Kier molecular flexibility index (Phi) is 5.23. The molecule has 0 amide bonds. The van der Waals surface area contributed by atoms with Crippen LogP contribution in [0.3, 0.4) is 0 Å². The van der Waals surface area contributed by atoms with E-state index in [1.165, 1.54) is 11.1 Å². The Hall–Kier alpha value is -1.06. The number of nitrogens with one attached hydrogen (secondary N) is 1. The molecule has 3 nitrogen and oxygen atoms in total. The minimum Gasteiger partial charge on any atom is -0.493 e. The van der Waals surface area contributed by atoms with Crippen molar-refractivity contribution in [1.29, 1.82) is 0 Å². The van der Waals surface area contributed by atoms with E-state index in [4.69, 9.17) is 9.47 Å². The van der Waals surface area contributed by atoms with Gasteiger partial charge in [-0.1, -0.05) is 19.1 Å². The summed E-state index contributed by atoms with van der Waals surface area (Å²) in [6, 6.07) is 6.85. The molecule has 0 bridgehead atoms. The van der Waals surface area contributed by atoms with E-state index in [9.17, 15) is 0 Å². The lowest BCUT2D eigenvalue weighted by molar-refractivity contribution is 0.167. The smallest absolute Gasteiger partial charge is 0.122 e. The van der Waals surface area contributed by atoms with Crippen molar-refractivity contribution < 1.29 is 9.47 Å². The van der Waals surface area contributed by atoms with Gasteiger partial charge in [-0.05, 0) is 44.0 Å². The second kappa shape index (κ2) is 6.92. The summed E-state index contributed by atoms with van der Waals surface area (Å²) in [6.45, 7) is 9.91. The van der Waals surface area contributed by atoms with Crippen molar-refractivity contribution in [2.75, 3.05) is 26.4 Å². The van der Waals surface area contributed by atoms with Crippen LogP contribution in [0.25, 0.3) is 0 Å². The molecule has 1 heterocycles. The van der Waals surface area contributed by atoms with Gasteiger partial charge in [-0.15, -0.1) is 0 Å². The van der Waals surface area contributed by atoms with Crippen molar-refractivity contribution in [2.45, 2.75) is 33.2 Å². The van der Waals surface area contributed by atoms with Gasteiger partial charge in [0.1, 0.15) is 5.75 Å². The topological polar surface area (TPSA) is 30.5 Å². The molecule has 2 atom stereocenters. The van der Waals surface area contributed by atoms with E-state index in [0.29, 0.717) is 12.0 Å². The van der Waals surface area contributed by atoms with Crippen LogP contribution in [0.2, 0.25) is 0 Å². The molecule has 106 valence electrons. The van der Waals surface area contributed by atoms with Gasteiger partial charge < -0.3 is 14.8 Å². The van der Waals surface area contributed by atoms with Crippen molar-refractivity contribution in [2.24, 2.45) is 5.92 Å². The summed E-state index contributed by atoms with van der Waals surface area (Å²) in [6.07, 6.45) is 1.12. The van der Waals surface area contributed by atoms with Gasteiger partial charge in [-0.2, -0.15) is 0 Å². The molecule has 2 rings (SSSR count). The Morgan fingerprint density at radius 3 is 2.95 bits per heavy atom. The highest BCUT2D eigenvalue weighted by molar-refractivity contribution is 5.37. The summed E-state index contributed by atoms with van der Waals surface area (Å²) in [5, 5.41) is 3.43. The van der Waals surface area contributed by atoms with E-state index >= 15 is 0 Å². The zero-order chi connectivity index (χ0) is 13.7. The Morgan fingerprint density at radius 2 is 2.32 bits per heavy atom. The first kappa shape index (κ1) is 14.4. The molecular weight excluding hydrogens is 238 g/mol. The molecule has 0 aliphatic carbocycles. The molecule has 1 aliphatic rings. The predicted molar refractivity (Wildman–Crippen MR) is 77.7 cm³/mol. The van der Waals surface area contributed by atoms with Crippen molar-refractivity contribution in [1.82, 2.24) is 5.32 Å². The lowest BCUT2D eigenvalue weighted by Gasteiger charge is -2.16. The van der Waals surface area contributed by atoms with Gasteiger partial charge in [0.2, 0.25) is 0 Å². The molecule has 0 radical (unpaired) electrons. The minimum absolute atomic E-state index is 0.390. The summed E-state index contributed by atoms with van der Waals surface area (Å²) in [5.41, 5.74) is 2.53. The average molecular weight is 263 g/mol. The highest BCUT2D eigenvalue weighted by atomic mass is 16.5. The maximum atomic E-state index is 5.92. The van der Waals surface area contributed by atoms with Crippen LogP contribution in [0.15, 0.2) is 18.2 Å². The Bertz CT molecular complexity index is 400. The SMILES string of the molecule is CCNC(C)c1ccc(OCC2CCOC2)c(C)c1. The van der Waals surface area contributed by atoms with E-state index in [1.54, 1.807) is 0 Å². The first-order valence-electron chi connectivity index (χ1n) is 7.25. The van der Waals surface area contributed by atoms with E-state index < -0.39 is 0 Å². The Balaban J connectivity index is 1.94. The normalized spacial score (nSPS) is 20.5. The van der Waals surface area contributed by atoms with E-state index in [-0.39, 0.29) is 0 Å². The van der Waals surface area contributed by atoms with Crippen LogP contribution in [0.1, 0.15) is 37.4 Å². The lowest BCUT2D eigenvalue weighted by atomic mass is 10.0. The van der Waals surface area contributed by atoms with Crippen LogP contribution in [-0.4, -0.2) is 26.4 Å². The van der Waals surface area contributed by atoms with Crippen LogP contribution < -0.4 is 10.1 Å². The molecule has 3 heteroatoms. The van der Waals surface area contributed by atoms with Crippen LogP contribution in [-0.2, 0) is 4.74 Å². The number of hydrogen-bond acceptors (Lipinski definition) is 3. The van der Waals surface area contributed by atoms with Crippen LogP contribution >= 0.6 is 0 Å². The van der Waals surface area contributed by atoms with Crippen LogP contribution in [0, 0.1) is 12.8 Å². The van der Waals surface area contributed by atoms with E-state index in [0.717, 1.165) is 38.5 Å². The summed E-state index contributed by atoms with van der Waals surface area (Å²) >= 11 is 0. The monoisotopic (exact) mass is 263 g/mol. The fourth-order valence-electron chi connectivity index (χ4n) is 2.45. The largest absolute Gasteiger partial charge is 0.493 e. The van der Waals surface area contributed by atoms with E-state index in [2.05, 4.69) is 44.3 Å². The fraction of sp³-hybridized carbons (Fsp3) is 0.625. The molecule has 1 N–H and O–H groups in total. The molecule has 1 fully saturated rings. The first-order chi connectivity index (χ1) is 9.20. The lowest BCUT2D eigenvalue weighted by Crippen LogP contribution is -2.18. The number of benzene rings is 1. The van der Waals surface area contributed by atoms with Crippen molar-refractivity contribution >= 4 is 0 Å². The van der Waals surface area contributed by atoms with Gasteiger partial charge in [-0.25, -0.2) is 0 Å². The molecule has 1 aromatic rings. The third-order valence-electron chi connectivity index (χ3n) is 3.71. The Morgan fingerprint density at radius 1 is 1.47 bits per heavy atom. The first-order valence-corrected chi connectivity index (χ1v) is 7.25. The predicted octanol–water partition coefficient (Wildman–Crippen LogP) is 3.08. The highest BCUT2D eigenvalue weighted by Crippen LogP contribution is 2.24. The van der Waals surface area contributed by atoms with Gasteiger partial charge >= 0.3 is 0 Å². The van der Waals surface area contributed by atoms with Gasteiger partial charge in [-0.3, -0.25) is 0 Å². The molecule has 1 aromatic carbocycles. The molecule has 0 aromatic heterocycles. The van der Waals surface area contributed by atoms with Gasteiger partial charge in [0.05, 0.1) is 13.2 Å². The number of aryl methyl sites for hydroxylation is 1. The maximum Gasteiger partial charge on any atom is 0.122 e. The van der Waals surface area contributed by atoms with Gasteiger partial charge in [0.15, 0.2) is 0 Å². The van der Waals surface area contributed by atoms with Crippen molar-refractivity contribution in [3.63, 3.8) is 0 Å². The quantitative estimate of drug-likeness (QED) is 0.855. The fourth-order valence-corrected chi connectivity index (χ4v) is 2.45. The van der Waals surface area contributed by atoms with Gasteiger partial charge in [0, 0.05) is 18.6 Å². The third-order valence-corrected chi connectivity index (χ3v) is 3.71. The maximum absolute atomic E-state index is 5.92. The highest BCUT2D eigenvalue weighted by Gasteiger charge is 2.16. The Labute approximate surface area is 116 Å². The average Bonchev–Trinajstić information content (AvgIpc) is 2.90. The summed E-state index contributed by atoms with van der Waals surface area (Å²) in [4.78, 5) is 0.